The number of pyridine rings is 1. The van der Waals surface area contributed by atoms with Crippen molar-refractivity contribution in [3.05, 3.63) is 60.8 Å². The number of anilines is 1. The number of rotatable bonds is 9. The van der Waals surface area contributed by atoms with E-state index in [2.05, 4.69) is 81.3 Å². The van der Waals surface area contributed by atoms with Crippen LogP contribution in [0.2, 0.25) is 0 Å². The molecule has 0 spiro atoms. The van der Waals surface area contributed by atoms with E-state index in [1.165, 1.54) is 72.0 Å². The molecule has 0 aliphatic heterocycles. The van der Waals surface area contributed by atoms with E-state index in [-0.39, 0.29) is 0 Å². The number of alkyl halides is 1. The molecule has 4 aromatic rings. The SMILES string of the molecule is Nc1cc2c(c[n+](CCCCCCCCCBr)c3ccccc23)c2ccccc12. The number of benzene rings is 3. The van der Waals surface area contributed by atoms with Gasteiger partial charge in [0.2, 0.25) is 5.52 Å². The van der Waals surface area contributed by atoms with Crippen molar-refractivity contribution in [2.75, 3.05) is 11.1 Å². The molecule has 2 nitrogen and oxygen atoms in total. The van der Waals surface area contributed by atoms with Crippen LogP contribution >= 0.6 is 15.9 Å². The fourth-order valence-corrected chi connectivity index (χ4v) is 4.81. The average Bonchev–Trinajstić information content (AvgIpc) is 2.76. The minimum atomic E-state index is 0.857. The third-order valence-electron chi connectivity index (χ3n) is 5.94. The van der Waals surface area contributed by atoms with Gasteiger partial charge in [0.25, 0.3) is 0 Å². The van der Waals surface area contributed by atoms with Crippen LogP contribution in [-0.4, -0.2) is 5.33 Å². The van der Waals surface area contributed by atoms with Crippen LogP contribution in [0.3, 0.4) is 0 Å². The fraction of sp³-hybridized carbons (Fsp3) is 0.346. The first kappa shape index (κ1) is 20.2. The van der Waals surface area contributed by atoms with Crippen molar-refractivity contribution in [3.63, 3.8) is 0 Å². The molecule has 3 aromatic carbocycles. The number of aromatic nitrogens is 1. The van der Waals surface area contributed by atoms with Gasteiger partial charge in [-0.3, -0.25) is 0 Å². The first-order valence-electron chi connectivity index (χ1n) is 10.9. The van der Waals surface area contributed by atoms with Gasteiger partial charge in [-0.25, -0.2) is 0 Å². The van der Waals surface area contributed by atoms with E-state index >= 15 is 0 Å². The molecular formula is C26H30BrN2+. The molecule has 29 heavy (non-hydrogen) atoms. The maximum absolute atomic E-state index is 6.40. The number of unbranched alkanes of at least 4 members (excludes halogenated alkanes) is 6. The molecule has 0 amide bonds. The second-order valence-corrected chi connectivity index (χ2v) is 8.77. The summed E-state index contributed by atoms with van der Waals surface area (Å²) in [5.41, 5.74) is 8.55. The van der Waals surface area contributed by atoms with Crippen LogP contribution in [0, 0.1) is 0 Å². The number of halogens is 1. The summed E-state index contributed by atoms with van der Waals surface area (Å²) < 4.78 is 2.45. The van der Waals surface area contributed by atoms with Gasteiger partial charge in [0.1, 0.15) is 6.54 Å². The lowest BCUT2D eigenvalue weighted by molar-refractivity contribution is -0.670. The Labute approximate surface area is 181 Å². The highest BCUT2D eigenvalue weighted by Gasteiger charge is 2.15. The molecule has 0 atom stereocenters. The molecule has 0 saturated carbocycles. The summed E-state index contributed by atoms with van der Waals surface area (Å²) in [7, 11) is 0. The molecule has 0 bridgehead atoms. The Bertz CT molecular complexity index is 1120. The standard InChI is InChI=1S/C26H29BrN2/c27-16-10-4-2-1-3-5-11-17-29-19-24-20-12-6-7-13-21(20)25(28)18-23(24)22-14-8-9-15-26(22)29/h6-9,12-15,18-19,28H,1-5,10-11,16-17H2/p+1. The van der Waals surface area contributed by atoms with Gasteiger partial charge < -0.3 is 5.73 Å². The quantitative estimate of drug-likeness (QED) is 0.0949. The highest BCUT2D eigenvalue weighted by molar-refractivity contribution is 9.09. The van der Waals surface area contributed by atoms with E-state index in [4.69, 9.17) is 5.73 Å². The lowest BCUT2D eigenvalue weighted by Gasteiger charge is -2.10. The Hall–Kier alpha value is -2.13. The Morgan fingerprint density at radius 1 is 0.655 bits per heavy atom. The first-order chi connectivity index (χ1) is 14.3. The van der Waals surface area contributed by atoms with Crippen LogP contribution in [0.4, 0.5) is 5.69 Å². The molecular weight excluding hydrogens is 420 g/mol. The number of para-hydroxylation sites is 1. The van der Waals surface area contributed by atoms with Crippen molar-refractivity contribution in [1.82, 2.24) is 0 Å². The van der Waals surface area contributed by atoms with Crippen LogP contribution < -0.4 is 10.3 Å². The zero-order valence-corrected chi connectivity index (χ0v) is 18.6. The Morgan fingerprint density at radius 3 is 2.03 bits per heavy atom. The van der Waals surface area contributed by atoms with Crippen LogP contribution in [0.25, 0.3) is 32.4 Å². The second-order valence-electron chi connectivity index (χ2n) is 7.98. The molecule has 0 aliphatic rings. The zero-order valence-electron chi connectivity index (χ0n) is 17.0. The number of hydrogen-bond donors (Lipinski definition) is 1. The van der Waals surface area contributed by atoms with Crippen molar-refractivity contribution in [1.29, 1.82) is 0 Å². The minimum Gasteiger partial charge on any atom is -0.398 e. The van der Waals surface area contributed by atoms with Crippen LogP contribution in [0.15, 0.2) is 60.8 Å². The highest BCUT2D eigenvalue weighted by Crippen LogP contribution is 2.33. The van der Waals surface area contributed by atoms with Crippen molar-refractivity contribution in [2.24, 2.45) is 0 Å². The Kier molecular flexibility index (Phi) is 6.66. The topological polar surface area (TPSA) is 29.9 Å². The van der Waals surface area contributed by atoms with Crippen LogP contribution in [0.5, 0.6) is 0 Å². The normalized spacial score (nSPS) is 11.6. The molecule has 3 heteroatoms. The van der Waals surface area contributed by atoms with Gasteiger partial charge in [-0.2, -0.15) is 4.57 Å². The second kappa shape index (κ2) is 9.58. The lowest BCUT2D eigenvalue weighted by Crippen LogP contribution is -2.34. The summed E-state index contributed by atoms with van der Waals surface area (Å²) in [5.74, 6) is 0. The van der Waals surface area contributed by atoms with Gasteiger partial charge in [-0.1, -0.05) is 78.0 Å². The summed E-state index contributed by atoms with van der Waals surface area (Å²) in [5, 5.41) is 7.36. The van der Waals surface area contributed by atoms with Crippen molar-refractivity contribution < 1.29 is 4.57 Å². The first-order valence-corrected chi connectivity index (χ1v) is 12.0. The molecule has 0 unspecified atom stereocenters. The molecule has 0 saturated heterocycles. The van der Waals surface area contributed by atoms with Gasteiger partial charge in [0, 0.05) is 34.3 Å². The summed E-state index contributed by atoms with van der Waals surface area (Å²) in [4.78, 5) is 0. The molecule has 4 rings (SSSR count). The maximum atomic E-state index is 6.40. The number of nitrogens with zero attached hydrogens (tertiary/aromatic N) is 1. The summed E-state index contributed by atoms with van der Waals surface area (Å²) in [6.45, 7) is 1.07. The highest BCUT2D eigenvalue weighted by atomic mass is 79.9. The van der Waals surface area contributed by atoms with Crippen molar-refractivity contribution in [3.8, 4) is 0 Å². The van der Waals surface area contributed by atoms with E-state index in [1.54, 1.807) is 0 Å². The molecule has 150 valence electrons. The van der Waals surface area contributed by atoms with Crippen LogP contribution in [-0.2, 0) is 6.54 Å². The number of hydrogen-bond acceptors (Lipinski definition) is 1. The molecule has 1 aromatic heterocycles. The molecule has 2 N–H and O–H groups in total. The Balaban J connectivity index is 1.61. The van der Waals surface area contributed by atoms with Gasteiger partial charge in [-0.05, 0) is 30.4 Å². The molecule has 0 fully saturated rings. The average molecular weight is 450 g/mol. The Morgan fingerprint density at radius 2 is 1.28 bits per heavy atom. The summed E-state index contributed by atoms with van der Waals surface area (Å²) in [6.07, 6.45) is 11.6. The maximum Gasteiger partial charge on any atom is 0.213 e. The number of aryl methyl sites for hydroxylation is 1. The van der Waals surface area contributed by atoms with E-state index in [9.17, 15) is 0 Å². The minimum absolute atomic E-state index is 0.857. The molecule has 0 radical (unpaired) electrons. The van der Waals surface area contributed by atoms with Gasteiger partial charge in [0.15, 0.2) is 6.20 Å². The van der Waals surface area contributed by atoms with Gasteiger partial charge in [0.05, 0.1) is 10.8 Å². The third-order valence-corrected chi connectivity index (χ3v) is 6.50. The lowest BCUT2D eigenvalue weighted by atomic mass is 9.98. The monoisotopic (exact) mass is 449 g/mol. The van der Waals surface area contributed by atoms with E-state index in [1.807, 2.05) is 0 Å². The number of nitrogen functional groups attached to an aromatic ring is 1. The number of nitrogens with two attached hydrogens (primary N) is 1. The molecule has 0 aliphatic carbocycles. The number of fused-ring (bicyclic) bond motifs is 5. The van der Waals surface area contributed by atoms with Crippen molar-refractivity contribution >= 4 is 54.1 Å². The van der Waals surface area contributed by atoms with Crippen LogP contribution in [0.1, 0.15) is 44.9 Å². The fourth-order valence-electron chi connectivity index (χ4n) is 4.41. The molecule has 1 heterocycles. The summed E-state index contributed by atoms with van der Waals surface area (Å²) >= 11 is 3.52. The third kappa shape index (κ3) is 4.40. The van der Waals surface area contributed by atoms with Gasteiger partial charge in [-0.15, -0.1) is 0 Å². The predicted molar refractivity (Wildman–Crippen MR) is 130 cm³/mol. The van der Waals surface area contributed by atoms with E-state index in [0.29, 0.717) is 0 Å². The summed E-state index contributed by atoms with van der Waals surface area (Å²) in [6, 6.07) is 19.4. The van der Waals surface area contributed by atoms with Crippen molar-refractivity contribution in [2.45, 2.75) is 51.5 Å². The predicted octanol–water partition coefficient (Wildman–Crippen LogP) is 7.14. The largest absolute Gasteiger partial charge is 0.398 e. The smallest absolute Gasteiger partial charge is 0.213 e. The zero-order chi connectivity index (χ0) is 20.1. The van der Waals surface area contributed by atoms with Gasteiger partial charge >= 0.3 is 0 Å². The van der Waals surface area contributed by atoms with E-state index < -0.39 is 0 Å². The van der Waals surface area contributed by atoms with E-state index in [0.717, 1.165) is 22.9 Å².